The first-order chi connectivity index (χ1) is 8.71. The molecule has 1 aromatic rings. The number of benzene rings is 1. The number of alkyl halides is 3. The first-order valence-electron chi connectivity index (χ1n) is 5.05. The summed E-state index contributed by atoms with van der Waals surface area (Å²) < 4.78 is 49.3. The highest BCUT2D eigenvalue weighted by atomic mass is 19.4. The largest absolute Gasteiger partial charge is 0.480 e. The highest BCUT2D eigenvalue weighted by molar-refractivity contribution is 5.87. The van der Waals surface area contributed by atoms with Gasteiger partial charge in [-0.25, -0.2) is 9.18 Å². The molecule has 0 aliphatic carbocycles. The summed E-state index contributed by atoms with van der Waals surface area (Å²) in [6.07, 6.45) is -5.77. The Bertz CT molecular complexity index is 487. The van der Waals surface area contributed by atoms with E-state index in [2.05, 4.69) is 0 Å². The lowest BCUT2D eigenvalue weighted by molar-refractivity contribution is -0.175. The van der Waals surface area contributed by atoms with Crippen LogP contribution in [0.4, 0.5) is 17.6 Å². The summed E-state index contributed by atoms with van der Waals surface area (Å²) in [5, 5.41) is 10.0. The lowest BCUT2D eigenvalue weighted by Gasteiger charge is -2.16. The predicted octanol–water partition coefficient (Wildman–Crippen LogP) is 1.50. The van der Waals surface area contributed by atoms with Crippen molar-refractivity contribution < 1.29 is 32.3 Å². The molecule has 0 bridgehead atoms. The molecule has 4 nitrogen and oxygen atoms in total. The molecule has 8 heteroatoms. The Morgan fingerprint density at radius 2 is 1.84 bits per heavy atom. The molecule has 0 spiro atoms. The number of carbonyl (C=O) groups is 2. The van der Waals surface area contributed by atoms with E-state index >= 15 is 0 Å². The molecule has 0 saturated heterocycles. The highest BCUT2D eigenvalue weighted by Gasteiger charge is 2.40. The maximum absolute atomic E-state index is 13.3. The third-order valence-electron chi connectivity index (χ3n) is 2.24. The van der Waals surface area contributed by atoms with E-state index in [1.807, 2.05) is 0 Å². The molecular formula is C11H9F4NO3. The molecule has 0 aliphatic heterocycles. The monoisotopic (exact) mass is 279 g/mol. The Hall–Kier alpha value is -2.12. The average Bonchev–Trinajstić information content (AvgIpc) is 2.29. The van der Waals surface area contributed by atoms with Crippen LogP contribution in [0, 0.1) is 5.82 Å². The van der Waals surface area contributed by atoms with Gasteiger partial charge in [-0.15, -0.1) is 0 Å². The molecule has 0 saturated carbocycles. The van der Waals surface area contributed by atoms with Crippen molar-refractivity contribution in [3.63, 3.8) is 0 Å². The lowest BCUT2D eigenvalue weighted by atomic mass is 10.1. The molecule has 0 radical (unpaired) electrons. The molecule has 0 fully saturated rings. The van der Waals surface area contributed by atoms with Crippen molar-refractivity contribution in [2.75, 3.05) is 0 Å². The summed E-state index contributed by atoms with van der Waals surface area (Å²) in [5.41, 5.74) is -0.0997. The topological polar surface area (TPSA) is 66.4 Å². The Morgan fingerprint density at radius 3 is 2.32 bits per heavy atom. The fraction of sp³-hybridized carbons (Fsp3) is 0.273. The molecular weight excluding hydrogens is 270 g/mol. The van der Waals surface area contributed by atoms with Crippen molar-refractivity contribution in [3.8, 4) is 0 Å². The highest BCUT2D eigenvalue weighted by Crippen LogP contribution is 2.16. The average molecular weight is 279 g/mol. The minimum Gasteiger partial charge on any atom is -0.480 e. The molecule has 2 N–H and O–H groups in total. The van der Waals surface area contributed by atoms with Gasteiger partial charge in [0.05, 0.1) is 0 Å². The number of carboxylic acids is 1. The predicted molar refractivity (Wildman–Crippen MR) is 55.7 cm³/mol. The fourth-order valence-corrected chi connectivity index (χ4v) is 1.32. The summed E-state index contributed by atoms with van der Waals surface area (Å²) in [7, 11) is 0. The number of amides is 1. The molecule has 1 amide bonds. The normalized spacial score (nSPS) is 12.8. The van der Waals surface area contributed by atoms with Crippen LogP contribution in [0.1, 0.15) is 5.56 Å². The smallest absolute Gasteiger partial charge is 0.471 e. The second-order valence-corrected chi connectivity index (χ2v) is 3.66. The molecule has 0 aromatic heterocycles. The summed E-state index contributed by atoms with van der Waals surface area (Å²) >= 11 is 0. The molecule has 1 atom stereocenters. The van der Waals surface area contributed by atoms with Crippen LogP contribution in [0.3, 0.4) is 0 Å². The number of carboxylic acid groups (broad SMARTS) is 1. The SMILES string of the molecule is O=C(O)C(Cc1ccccc1F)NC(=O)C(F)(F)F. The Kier molecular flexibility index (Phi) is 4.47. The molecule has 1 aromatic carbocycles. The third kappa shape index (κ3) is 4.23. The number of hydrogen-bond donors (Lipinski definition) is 2. The summed E-state index contributed by atoms with van der Waals surface area (Å²) in [4.78, 5) is 21.4. The van der Waals surface area contributed by atoms with Crippen molar-refractivity contribution in [2.45, 2.75) is 18.6 Å². The summed E-state index contributed by atoms with van der Waals surface area (Å²) in [5.74, 6) is -4.81. The Balaban J connectivity index is 2.83. The van der Waals surface area contributed by atoms with Gasteiger partial charge in [-0.1, -0.05) is 18.2 Å². The van der Waals surface area contributed by atoms with Gasteiger partial charge in [-0.05, 0) is 11.6 Å². The number of rotatable bonds is 4. The quantitative estimate of drug-likeness (QED) is 0.821. The van der Waals surface area contributed by atoms with Gasteiger partial charge in [0.25, 0.3) is 0 Å². The van der Waals surface area contributed by atoms with Crippen molar-refractivity contribution in [1.29, 1.82) is 0 Å². The van der Waals surface area contributed by atoms with Crippen LogP contribution in [0.25, 0.3) is 0 Å². The van der Waals surface area contributed by atoms with Crippen LogP contribution >= 0.6 is 0 Å². The second-order valence-electron chi connectivity index (χ2n) is 3.66. The van der Waals surface area contributed by atoms with Gasteiger partial charge in [0.15, 0.2) is 0 Å². The number of halogens is 4. The van der Waals surface area contributed by atoms with Crippen molar-refractivity contribution in [2.24, 2.45) is 0 Å². The number of nitrogens with one attached hydrogen (secondary N) is 1. The zero-order valence-electron chi connectivity index (χ0n) is 9.37. The number of carbonyl (C=O) groups excluding carboxylic acids is 1. The minimum atomic E-state index is -5.19. The Morgan fingerprint density at radius 1 is 1.26 bits per heavy atom. The summed E-state index contributed by atoms with van der Waals surface area (Å²) in [6, 6.07) is 3.17. The van der Waals surface area contributed by atoms with Gasteiger partial charge in [0, 0.05) is 6.42 Å². The van der Waals surface area contributed by atoms with E-state index in [0.29, 0.717) is 0 Å². The lowest BCUT2D eigenvalue weighted by Crippen LogP contribution is -2.48. The molecule has 1 unspecified atom stereocenters. The van der Waals surface area contributed by atoms with E-state index in [1.165, 1.54) is 23.5 Å². The van der Waals surface area contributed by atoms with Crippen LogP contribution in [0.2, 0.25) is 0 Å². The van der Waals surface area contributed by atoms with Gasteiger partial charge in [-0.3, -0.25) is 4.79 Å². The van der Waals surface area contributed by atoms with Gasteiger partial charge in [-0.2, -0.15) is 13.2 Å². The van der Waals surface area contributed by atoms with E-state index in [4.69, 9.17) is 5.11 Å². The van der Waals surface area contributed by atoms with Gasteiger partial charge >= 0.3 is 18.1 Å². The van der Waals surface area contributed by atoms with Crippen LogP contribution in [-0.2, 0) is 16.0 Å². The molecule has 0 aliphatic rings. The Labute approximate surface area is 105 Å². The van der Waals surface area contributed by atoms with Crippen molar-refractivity contribution in [3.05, 3.63) is 35.6 Å². The minimum absolute atomic E-state index is 0.0997. The van der Waals surface area contributed by atoms with Crippen LogP contribution < -0.4 is 5.32 Å². The van der Waals surface area contributed by atoms with E-state index in [1.54, 1.807) is 0 Å². The van der Waals surface area contributed by atoms with Crippen LogP contribution in [0.15, 0.2) is 24.3 Å². The molecule has 0 heterocycles. The van der Waals surface area contributed by atoms with Gasteiger partial charge in [0.2, 0.25) is 0 Å². The van der Waals surface area contributed by atoms with E-state index < -0.39 is 36.3 Å². The van der Waals surface area contributed by atoms with Gasteiger partial charge < -0.3 is 10.4 Å². The zero-order valence-corrected chi connectivity index (χ0v) is 9.37. The first kappa shape index (κ1) is 14.9. The molecule has 1 rings (SSSR count). The number of hydrogen-bond acceptors (Lipinski definition) is 2. The maximum atomic E-state index is 13.3. The second kappa shape index (κ2) is 5.68. The van der Waals surface area contributed by atoms with Crippen molar-refractivity contribution in [1.82, 2.24) is 5.32 Å². The van der Waals surface area contributed by atoms with E-state index in [9.17, 15) is 27.2 Å². The zero-order chi connectivity index (χ0) is 14.6. The standard InChI is InChI=1S/C11H9F4NO3/c12-7-4-2-1-3-6(7)5-8(9(17)18)16-10(19)11(13,14)15/h1-4,8H,5H2,(H,16,19)(H,17,18). The van der Waals surface area contributed by atoms with E-state index in [-0.39, 0.29) is 5.56 Å². The maximum Gasteiger partial charge on any atom is 0.471 e. The van der Waals surface area contributed by atoms with Crippen molar-refractivity contribution >= 4 is 11.9 Å². The third-order valence-corrected chi connectivity index (χ3v) is 2.24. The first-order valence-corrected chi connectivity index (χ1v) is 5.05. The van der Waals surface area contributed by atoms with E-state index in [0.717, 1.165) is 6.07 Å². The summed E-state index contributed by atoms with van der Waals surface area (Å²) in [6.45, 7) is 0. The van der Waals surface area contributed by atoms with Gasteiger partial charge in [0.1, 0.15) is 11.9 Å². The molecule has 19 heavy (non-hydrogen) atoms. The fourth-order valence-electron chi connectivity index (χ4n) is 1.32. The number of aliphatic carboxylic acids is 1. The molecule has 104 valence electrons. The van der Waals surface area contributed by atoms with Crippen LogP contribution in [0.5, 0.6) is 0 Å². The van der Waals surface area contributed by atoms with Crippen LogP contribution in [-0.4, -0.2) is 29.2 Å².